The fourth-order valence-electron chi connectivity index (χ4n) is 1.44. The zero-order valence-electron chi connectivity index (χ0n) is 8.04. The molecule has 0 fully saturated rings. The van der Waals surface area contributed by atoms with Crippen molar-refractivity contribution < 1.29 is 9.47 Å². The van der Waals surface area contributed by atoms with E-state index in [0.717, 1.165) is 24.5 Å². The number of hydrogen-bond donors (Lipinski definition) is 0. The summed E-state index contributed by atoms with van der Waals surface area (Å²) < 4.78 is 11.3. The number of aryl methyl sites for hydroxylation is 1. The van der Waals surface area contributed by atoms with Gasteiger partial charge in [0.15, 0.2) is 11.5 Å². The Balaban J connectivity index is 2.35. The SMILES string of the molecule is Cc1ccc2c(c1)O[C@@H](C)CCO2. The lowest BCUT2D eigenvalue weighted by Crippen LogP contribution is -2.11. The van der Waals surface area contributed by atoms with Gasteiger partial charge in [-0.1, -0.05) is 6.07 Å². The van der Waals surface area contributed by atoms with Crippen molar-refractivity contribution in [3.05, 3.63) is 23.8 Å². The van der Waals surface area contributed by atoms with E-state index in [1.54, 1.807) is 0 Å². The molecular weight excluding hydrogens is 164 g/mol. The van der Waals surface area contributed by atoms with E-state index >= 15 is 0 Å². The van der Waals surface area contributed by atoms with Crippen molar-refractivity contribution >= 4 is 0 Å². The molecule has 1 heterocycles. The van der Waals surface area contributed by atoms with Crippen LogP contribution >= 0.6 is 0 Å². The summed E-state index contributed by atoms with van der Waals surface area (Å²) in [5.41, 5.74) is 1.21. The molecule has 1 aromatic carbocycles. The summed E-state index contributed by atoms with van der Waals surface area (Å²) in [6, 6.07) is 6.04. The van der Waals surface area contributed by atoms with Gasteiger partial charge in [-0.25, -0.2) is 0 Å². The Bertz CT molecular complexity index is 307. The third-order valence-electron chi connectivity index (χ3n) is 2.21. The molecule has 1 aromatic rings. The second-order valence-corrected chi connectivity index (χ2v) is 3.52. The van der Waals surface area contributed by atoms with Crippen molar-refractivity contribution in [2.45, 2.75) is 26.4 Å². The van der Waals surface area contributed by atoms with E-state index in [0.29, 0.717) is 0 Å². The lowest BCUT2D eigenvalue weighted by Gasteiger charge is -2.10. The summed E-state index contributed by atoms with van der Waals surface area (Å²) in [7, 11) is 0. The molecule has 0 saturated carbocycles. The van der Waals surface area contributed by atoms with E-state index < -0.39 is 0 Å². The Hall–Kier alpha value is -1.18. The largest absolute Gasteiger partial charge is 0.490 e. The summed E-state index contributed by atoms with van der Waals surface area (Å²) in [5.74, 6) is 1.75. The maximum atomic E-state index is 5.71. The van der Waals surface area contributed by atoms with Crippen molar-refractivity contribution in [3.8, 4) is 11.5 Å². The van der Waals surface area contributed by atoms with Crippen LogP contribution in [0.15, 0.2) is 18.2 Å². The van der Waals surface area contributed by atoms with Crippen molar-refractivity contribution in [2.24, 2.45) is 0 Å². The molecule has 2 rings (SSSR count). The zero-order valence-corrected chi connectivity index (χ0v) is 8.04. The molecule has 0 aliphatic carbocycles. The molecule has 1 atom stereocenters. The highest BCUT2D eigenvalue weighted by atomic mass is 16.5. The van der Waals surface area contributed by atoms with Crippen molar-refractivity contribution in [3.63, 3.8) is 0 Å². The topological polar surface area (TPSA) is 18.5 Å². The molecule has 2 nitrogen and oxygen atoms in total. The van der Waals surface area contributed by atoms with Crippen LogP contribution in [0.1, 0.15) is 18.9 Å². The number of rotatable bonds is 0. The van der Waals surface area contributed by atoms with Crippen LogP contribution in [0.25, 0.3) is 0 Å². The highest BCUT2D eigenvalue weighted by Crippen LogP contribution is 2.31. The van der Waals surface area contributed by atoms with Gasteiger partial charge in [0, 0.05) is 6.42 Å². The summed E-state index contributed by atoms with van der Waals surface area (Å²) in [6.07, 6.45) is 1.20. The van der Waals surface area contributed by atoms with E-state index in [4.69, 9.17) is 9.47 Å². The molecule has 0 radical (unpaired) electrons. The first kappa shape index (κ1) is 8.42. The van der Waals surface area contributed by atoms with Crippen molar-refractivity contribution in [1.82, 2.24) is 0 Å². The zero-order chi connectivity index (χ0) is 9.26. The lowest BCUT2D eigenvalue weighted by molar-refractivity contribution is 0.210. The molecule has 0 aromatic heterocycles. The fraction of sp³-hybridized carbons (Fsp3) is 0.455. The molecule has 1 aliphatic rings. The van der Waals surface area contributed by atoms with E-state index in [9.17, 15) is 0 Å². The third kappa shape index (κ3) is 1.77. The first-order chi connectivity index (χ1) is 6.25. The Kier molecular flexibility index (Phi) is 2.13. The highest BCUT2D eigenvalue weighted by molar-refractivity contribution is 5.43. The van der Waals surface area contributed by atoms with Crippen molar-refractivity contribution in [1.29, 1.82) is 0 Å². The van der Waals surface area contributed by atoms with Gasteiger partial charge in [0.25, 0.3) is 0 Å². The van der Waals surface area contributed by atoms with Gasteiger partial charge >= 0.3 is 0 Å². The molecule has 2 heteroatoms. The number of benzene rings is 1. The van der Waals surface area contributed by atoms with Crippen LogP contribution in [0.5, 0.6) is 11.5 Å². The smallest absolute Gasteiger partial charge is 0.161 e. The number of fused-ring (bicyclic) bond motifs is 1. The molecule has 0 spiro atoms. The van der Waals surface area contributed by atoms with Gasteiger partial charge in [0.1, 0.15) is 0 Å². The van der Waals surface area contributed by atoms with Gasteiger partial charge < -0.3 is 9.47 Å². The van der Waals surface area contributed by atoms with Gasteiger partial charge in [-0.2, -0.15) is 0 Å². The number of ether oxygens (including phenoxy) is 2. The van der Waals surface area contributed by atoms with Gasteiger partial charge in [0.2, 0.25) is 0 Å². The standard InChI is InChI=1S/C11H14O2/c1-8-3-4-10-11(7-8)13-9(2)5-6-12-10/h3-4,7,9H,5-6H2,1-2H3/t9-/m0/s1. The van der Waals surface area contributed by atoms with Crippen molar-refractivity contribution in [2.75, 3.05) is 6.61 Å². The molecule has 0 N–H and O–H groups in total. The molecule has 13 heavy (non-hydrogen) atoms. The van der Waals surface area contributed by atoms with E-state index in [2.05, 4.69) is 13.8 Å². The average Bonchev–Trinajstić information content (AvgIpc) is 2.25. The quantitative estimate of drug-likeness (QED) is 0.607. The van der Waals surface area contributed by atoms with Crippen LogP contribution in [0.3, 0.4) is 0 Å². The maximum Gasteiger partial charge on any atom is 0.161 e. The van der Waals surface area contributed by atoms with E-state index in [1.807, 2.05) is 18.2 Å². The second kappa shape index (κ2) is 3.29. The predicted molar refractivity (Wildman–Crippen MR) is 51.4 cm³/mol. The fourth-order valence-corrected chi connectivity index (χ4v) is 1.44. The minimum Gasteiger partial charge on any atom is -0.490 e. The Morgan fingerprint density at radius 3 is 3.00 bits per heavy atom. The first-order valence-electron chi connectivity index (χ1n) is 4.66. The van der Waals surface area contributed by atoms with E-state index in [-0.39, 0.29) is 6.10 Å². The summed E-state index contributed by atoms with van der Waals surface area (Å²) in [4.78, 5) is 0. The summed E-state index contributed by atoms with van der Waals surface area (Å²) in [6.45, 7) is 4.87. The minimum absolute atomic E-state index is 0.253. The molecule has 70 valence electrons. The van der Waals surface area contributed by atoms with Crippen LogP contribution in [0.2, 0.25) is 0 Å². The minimum atomic E-state index is 0.253. The van der Waals surface area contributed by atoms with Crippen LogP contribution < -0.4 is 9.47 Å². The first-order valence-corrected chi connectivity index (χ1v) is 4.66. The van der Waals surface area contributed by atoms with Crippen LogP contribution in [-0.2, 0) is 0 Å². The molecule has 0 amide bonds. The van der Waals surface area contributed by atoms with Gasteiger partial charge in [-0.05, 0) is 31.5 Å². The average molecular weight is 178 g/mol. The lowest BCUT2D eigenvalue weighted by atomic mass is 10.2. The third-order valence-corrected chi connectivity index (χ3v) is 2.21. The van der Waals surface area contributed by atoms with Crippen LogP contribution in [0.4, 0.5) is 0 Å². The predicted octanol–water partition coefficient (Wildman–Crippen LogP) is 2.54. The molecule has 0 saturated heterocycles. The van der Waals surface area contributed by atoms with Gasteiger partial charge in [-0.3, -0.25) is 0 Å². The van der Waals surface area contributed by atoms with E-state index in [1.165, 1.54) is 5.56 Å². The molecule has 0 unspecified atom stereocenters. The maximum absolute atomic E-state index is 5.71. The number of hydrogen-bond acceptors (Lipinski definition) is 2. The van der Waals surface area contributed by atoms with Crippen LogP contribution in [-0.4, -0.2) is 12.7 Å². The Morgan fingerprint density at radius 1 is 1.31 bits per heavy atom. The summed E-state index contributed by atoms with van der Waals surface area (Å²) in [5, 5.41) is 0. The molecule has 0 bridgehead atoms. The molecule has 1 aliphatic heterocycles. The Labute approximate surface area is 78.5 Å². The monoisotopic (exact) mass is 178 g/mol. The summed E-state index contributed by atoms with van der Waals surface area (Å²) >= 11 is 0. The molecular formula is C11H14O2. The van der Waals surface area contributed by atoms with Crippen LogP contribution in [0, 0.1) is 6.92 Å². The Morgan fingerprint density at radius 2 is 2.15 bits per heavy atom. The van der Waals surface area contributed by atoms with Gasteiger partial charge in [-0.15, -0.1) is 0 Å². The highest BCUT2D eigenvalue weighted by Gasteiger charge is 2.14. The normalized spacial score (nSPS) is 20.9. The van der Waals surface area contributed by atoms with Gasteiger partial charge in [0.05, 0.1) is 12.7 Å². The second-order valence-electron chi connectivity index (χ2n) is 3.52.